The summed E-state index contributed by atoms with van der Waals surface area (Å²) >= 11 is 0. The minimum absolute atomic E-state index is 0.224. The van der Waals surface area contributed by atoms with Crippen LogP contribution >= 0.6 is 0 Å². The zero-order valence-electron chi connectivity index (χ0n) is 7.18. The molecule has 0 unspecified atom stereocenters. The molecule has 0 bridgehead atoms. The third-order valence-electron chi connectivity index (χ3n) is 1.61. The average Bonchev–Trinajstić information content (AvgIpc) is 2.01. The lowest BCUT2D eigenvalue weighted by Crippen LogP contribution is -2.08. The summed E-state index contributed by atoms with van der Waals surface area (Å²) in [5, 5.41) is 17.5. The Morgan fingerprint density at radius 3 is 1.43 bits per heavy atom. The molecule has 4 heteroatoms. The molecule has 0 amide bonds. The highest BCUT2D eigenvalue weighted by atomic mass is 16.4. The van der Waals surface area contributed by atoms with Gasteiger partial charge in [0, 0.05) is 0 Å². The Morgan fingerprint density at radius 1 is 0.786 bits per heavy atom. The quantitative estimate of drug-likeness (QED) is 0.687. The molecule has 2 N–H and O–H groups in total. The van der Waals surface area contributed by atoms with Gasteiger partial charge in [0.15, 0.2) is 0 Å². The summed E-state index contributed by atoms with van der Waals surface area (Å²) in [6, 6.07) is 0. The van der Waals surface area contributed by atoms with Crippen LogP contribution in [0.25, 0.3) is 0 Å². The van der Waals surface area contributed by atoms with Gasteiger partial charge in [-0.2, -0.15) is 0 Å². The number of aliphatic carboxylic acids is 2. The highest BCUT2D eigenvalue weighted by molar-refractivity contribution is 6.02. The van der Waals surface area contributed by atoms with Crippen LogP contribution in [-0.4, -0.2) is 22.2 Å². The molecule has 0 aliphatic heterocycles. The van der Waals surface area contributed by atoms with Crippen LogP contribution < -0.4 is 0 Å². The molecule has 0 spiro atoms. The minimum atomic E-state index is -1.25. The van der Waals surface area contributed by atoms with E-state index in [0.29, 0.717) is 0 Å². The summed E-state index contributed by atoms with van der Waals surface area (Å²) < 4.78 is 0. The first kappa shape index (κ1) is 9.98. The third kappa shape index (κ3) is 2.20. The molecular formula is C10H8O4. The van der Waals surface area contributed by atoms with E-state index in [9.17, 15) is 9.59 Å². The molecule has 1 rings (SSSR count). The second-order valence-corrected chi connectivity index (χ2v) is 2.54. The molecule has 0 saturated carbocycles. The summed E-state index contributed by atoms with van der Waals surface area (Å²) in [5.74, 6) is -2.50. The summed E-state index contributed by atoms with van der Waals surface area (Å²) in [7, 11) is 0. The van der Waals surface area contributed by atoms with Gasteiger partial charge in [-0.15, -0.1) is 0 Å². The SMILES string of the molecule is O=C(O)C1=C(C(=O)O)/C=C\C=C/C=C\1. The van der Waals surface area contributed by atoms with Crippen molar-refractivity contribution in [2.24, 2.45) is 0 Å². The molecule has 14 heavy (non-hydrogen) atoms. The molecule has 0 saturated heterocycles. The van der Waals surface area contributed by atoms with Crippen LogP contribution in [0.2, 0.25) is 0 Å². The van der Waals surface area contributed by atoms with Gasteiger partial charge in [-0.25, -0.2) is 9.59 Å². The maximum atomic E-state index is 10.7. The number of hydrogen-bond acceptors (Lipinski definition) is 2. The Morgan fingerprint density at radius 2 is 1.14 bits per heavy atom. The third-order valence-corrected chi connectivity index (χ3v) is 1.61. The largest absolute Gasteiger partial charge is 0.478 e. The first-order valence-corrected chi connectivity index (χ1v) is 3.85. The van der Waals surface area contributed by atoms with Crippen molar-refractivity contribution in [1.29, 1.82) is 0 Å². The first-order valence-electron chi connectivity index (χ1n) is 3.85. The Balaban J connectivity index is 3.27. The van der Waals surface area contributed by atoms with Crippen LogP contribution in [0.3, 0.4) is 0 Å². The fraction of sp³-hybridized carbons (Fsp3) is 0. The Bertz CT molecular complexity index is 347. The molecule has 0 aromatic carbocycles. The Kier molecular flexibility index (Phi) is 3.01. The molecule has 0 aromatic rings. The van der Waals surface area contributed by atoms with Gasteiger partial charge >= 0.3 is 11.9 Å². The lowest BCUT2D eigenvalue weighted by Gasteiger charge is -2.00. The Labute approximate surface area is 80.2 Å². The zero-order valence-corrected chi connectivity index (χ0v) is 7.18. The van der Waals surface area contributed by atoms with E-state index in [1.54, 1.807) is 12.2 Å². The van der Waals surface area contributed by atoms with Crippen molar-refractivity contribution in [3.8, 4) is 0 Å². The van der Waals surface area contributed by atoms with Crippen molar-refractivity contribution in [1.82, 2.24) is 0 Å². The van der Waals surface area contributed by atoms with Crippen molar-refractivity contribution in [3.05, 3.63) is 47.6 Å². The van der Waals surface area contributed by atoms with E-state index < -0.39 is 11.9 Å². The number of carboxylic acid groups (broad SMARTS) is 2. The molecule has 1 aliphatic carbocycles. The van der Waals surface area contributed by atoms with E-state index in [0.717, 1.165) is 0 Å². The monoisotopic (exact) mass is 192 g/mol. The van der Waals surface area contributed by atoms with Crippen LogP contribution in [0.15, 0.2) is 47.6 Å². The van der Waals surface area contributed by atoms with Gasteiger partial charge in [0.2, 0.25) is 0 Å². The summed E-state index contributed by atoms with van der Waals surface area (Å²) in [6.45, 7) is 0. The van der Waals surface area contributed by atoms with E-state index >= 15 is 0 Å². The lowest BCUT2D eigenvalue weighted by molar-refractivity contribution is -0.135. The maximum absolute atomic E-state index is 10.7. The van der Waals surface area contributed by atoms with Gasteiger partial charge in [0.05, 0.1) is 11.1 Å². The van der Waals surface area contributed by atoms with E-state index in [-0.39, 0.29) is 11.1 Å². The summed E-state index contributed by atoms with van der Waals surface area (Å²) in [6.07, 6.45) is 8.72. The molecule has 0 heterocycles. The van der Waals surface area contributed by atoms with Gasteiger partial charge in [-0.1, -0.05) is 24.3 Å². The number of hydrogen-bond donors (Lipinski definition) is 2. The van der Waals surface area contributed by atoms with Crippen molar-refractivity contribution in [2.45, 2.75) is 0 Å². The predicted octanol–water partition coefficient (Wildman–Crippen LogP) is 1.13. The molecule has 4 nitrogen and oxygen atoms in total. The first-order chi connectivity index (χ1) is 6.63. The molecule has 0 aromatic heterocycles. The second kappa shape index (κ2) is 4.23. The van der Waals surface area contributed by atoms with E-state index in [2.05, 4.69) is 0 Å². The Hall–Kier alpha value is -2.10. The van der Waals surface area contributed by atoms with Crippen LogP contribution in [0.1, 0.15) is 0 Å². The van der Waals surface area contributed by atoms with Crippen LogP contribution in [0.5, 0.6) is 0 Å². The van der Waals surface area contributed by atoms with Gasteiger partial charge in [0.1, 0.15) is 0 Å². The fourth-order valence-electron chi connectivity index (χ4n) is 0.984. The number of allylic oxidation sites excluding steroid dienone is 4. The van der Waals surface area contributed by atoms with Crippen molar-refractivity contribution < 1.29 is 19.8 Å². The van der Waals surface area contributed by atoms with Gasteiger partial charge in [-0.3, -0.25) is 0 Å². The fourth-order valence-corrected chi connectivity index (χ4v) is 0.984. The zero-order chi connectivity index (χ0) is 10.6. The average molecular weight is 192 g/mol. The lowest BCUT2D eigenvalue weighted by atomic mass is 10.1. The van der Waals surface area contributed by atoms with Crippen LogP contribution in [0.4, 0.5) is 0 Å². The van der Waals surface area contributed by atoms with Crippen LogP contribution in [-0.2, 0) is 9.59 Å². The number of carboxylic acids is 2. The number of carbonyl (C=O) groups is 2. The molecule has 0 fully saturated rings. The maximum Gasteiger partial charge on any atom is 0.336 e. The van der Waals surface area contributed by atoms with Gasteiger partial charge in [-0.05, 0) is 12.2 Å². The molecular weight excluding hydrogens is 184 g/mol. The predicted molar refractivity (Wildman–Crippen MR) is 49.7 cm³/mol. The highest BCUT2D eigenvalue weighted by Gasteiger charge is 2.15. The van der Waals surface area contributed by atoms with Gasteiger partial charge in [0.25, 0.3) is 0 Å². The van der Waals surface area contributed by atoms with Crippen molar-refractivity contribution in [3.63, 3.8) is 0 Å². The topological polar surface area (TPSA) is 74.6 Å². The summed E-state index contributed by atoms with van der Waals surface area (Å²) in [4.78, 5) is 21.4. The van der Waals surface area contributed by atoms with E-state index in [1.165, 1.54) is 24.3 Å². The van der Waals surface area contributed by atoms with Crippen molar-refractivity contribution >= 4 is 11.9 Å². The smallest absolute Gasteiger partial charge is 0.336 e. The summed E-state index contributed by atoms with van der Waals surface area (Å²) in [5.41, 5.74) is -0.448. The normalized spacial score (nSPS) is 27.1. The molecule has 1 aliphatic rings. The number of rotatable bonds is 2. The molecule has 0 radical (unpaired) electrons. The van der Waals surface area contributed by atoms with Crippen LogP contribution in [0, 0.1) is 0 Å². The minimum Gasteiger partial charge on any atom is -0.478 e. The van der Waals surface area contributed by atoms with E-state index in [1.807, 2.05) is 0 Å². The van der Waals surface area contributed by atoms with E-state index in [4.69, 9.17) is 10.2 Å². The standard InChI is InChI=1S/C10H8O4/c11-9(12)7-5-3-1-2-4-6-8(7)10(13)14/h1-6H,(H,11,12)(H,13,14)/b2-1-,3-1?,4-2?,5-3-,6-4-,7-5?,8-6?,8-7-. The van der Waals surface area contributed by atoms with Gasteiger partial charge < -0.3 is 10.2 Å². The second-order valence-electron chi connectivity index (χ2n) is 2.54. The highest BCUT2D eigenvalue weighted by Crippen LogP contribution is 2.11. The molecule has 0 atom stereocenters. The molecule has 72 valence electrons. The van der Waals surface area contributed by atoms with Crippen molar-refractivity contribution in [2.75, 3.05) is 0 Å².